The number of hydrogen-bond donors (Lipinski definition) is 1. The fourth-order valence-corrected chi connectivity index (χ4v) is 0. The predicted octanol–water partition coefficient (Wildman–Crippen LogP) is -1.23. The van der Waals surface area contributed by atoms with Crippen molar-refractivity contribution in [2.75, 3.05) is 7.11 Å². The molecule has 1 atom stereocenters. The standard InChI is InChI=1S/CH5AsO3/c1-5-2(3)4/h2H,1H3,(H,3,4). The third-order valence-corrected chi connectivity index (χ3v) is 0.907. The molecule has 5 heavy (non-hydrogen) atoms. The van der Waals surface area contributed by atoms with Crippen LogP contribution in [0.1, 0.15) is 0 Å². The molecular formula is CH5AsO3. The molecule has 0 fully saturated rings. The van der Waals surface area contributed by atoms with Crippen molar-refractivity contribution in [1.29, 1.82) is 0 Å². The molecular weight excluding hydrogens is 135 g/mol. The zero-order valence-electron chi connectivity index (χ0n) is 2.76. The van der Waals surface area contributed by atoms with Crippen LogP contribution in [0.4, 0.5) is 0 Å². The second kappa shape index (κ2) is 2.51. The fraction of sp³-hybridized carbons (Fsp3) is 1.00. The van der Waals surface area contributed by atoms with Gasteiger partial charge in [-0.15, -0.1) is 0 Å². The number of rotatable bonds is 1. The van der Waals surface area contributed by atoms with Gasteiger partial charge in [-0.3, -0.25) is 0 Å². The second-order valence-corrected chi connectivity index (χ2v) is 2.44. The molecule has 4 heteroatoms. The van der Waals surface area contributed by atoms with Crippen LogP contribution in [0.5, 0.6) is 0 Å². The van der Waals surface area contributed by atoms with E-state index in [1.165, 1.54) is 7.11 Å². The second-order valence-electron chi connectivity index (χ2n) is 0.470. The van der Waals surface area contributed by atoms with E-state index in [1.807, 2.05) is 0 Å². The van der Waals surface area contributed by atoms with Crippen LogP contribution in [0, 0.1) is 0 Å². The first-order valence-corrected chi connectivity index (χ1v) is 3.69. The van der Waals surface area contributed by atoms with Gasteiger partial charge in [0.1, 0.15) is 0 Å². The van der Waals surface area contributed by atoms with E-state index < -0.39 is 15.3 Å². The molecule has 1 N–H and O–H groups in total. The molecule has 0 spiro atoms. The Morgan fingerprint density at radius 2 is 2.20 bits per heavy atom. The van der Waals surface area contributed by atoms with Crippen molar-refractivity contribution < 1.29 is 11.6 Å². The molecule has 0 aliphatic rings. The van der Waals surface area contributed by atoms with Crippen LogP contribution in [-0.4, -0.2) is 26.5 Å². The molecule has 0 rings (SSSR count). The van der Waals surface area contributed by atoms with E-state index in [-0.39, 0.29) is 0 Å². The summed E-state index contributed by atoms with van der Waals surface area (Å²) in [6, 6.07) is 0. The van der Waals surface area contributed by atoms with Crippen molar-refractivity contribution in [3.8, 4) is 0 Å². The van der Waals surface area contributed by atoms with E-state index in [2.05, 4.69) is 3.73 Å². The van der Waals surface area contributed by atoms with Crippen molar-refractivity contribution in [3.63, 3.8) is 0 Å². The molecule has 0 aliphatic heterocycles. The molecule has 3 nitrogen and oxygen atoms in total. The summed E-state index contributed by atoms with van der Waals surface area (Å²) in [5.41, 5.74) is 0. The molecule has 0 aliphatic carbocycles. The zero-order valence-corrected chi connectivity index (χ0v) is 4.86. The molecule has 1 unspecified atom stereocenters. The monoisotopic (exact) mass is 140 g/mol. The number of hydrogen-bond acceptors (Lipinski definition) is 2. The zero-order chi connectivity index (χ0) is 4.28. The van der Waals surface area contributed by atoms with Crippen molar-refractivity contribution >= 4 is 15.3 Å². The van der Waals surface area contributed by atoms with Gasteiger partial charge in [-0.05, 0) is 0 Å². The summed E-state index contributed by atoms with van der Waals surface area (Å²) >= 11 is -3.11. The van der Waals surface area contributed by atoms with Gasteiger partial charge in [0.15, 0.2) is 0 Å². The summed E-state index contributed by atoms with van der Waals surface area (Å²) in [6.07, 6.45) is 0. The molecule has 0 amide bonds. The Labute approximate surface area is 34.8 Å². The van der Waals surface area contributed by atoms with E-state index in [1.54, 1.807) is 0 Å². The van der Waals surface area contributed by atoms with Gasteiger partial charge < -0.3 is 0 Å². The molecule has 0 radical (unpaired) electrons. The van der Waals surface area contributed by atoms with Gasteiger partial charge in [-0.1, -0.05) is 0 Å². The minimum absolute atomic E-state index is 1.21. The van der Waals surface area contributed by atoms with Crippen molar-refractivity contribution in [2.24, 2.45) is 0 Å². The van der Waals surface area contributed by atoms with Gasteiger partial charge in [-0.25, -0.2) is 0 Å². The van der Waals surface area contributed by atoms with Gasteiger partial charge in [0.2, 0.25) is 0 Å². The Balaban J connectivity index is 2.85. The molecule has 0 aromatic carbocycles. The minimum atomic E-state index is -3.11. The van der Waals surface area contributed by atoms with E-state index in [0.717, 1.165) is 0 Å². The summed E-state index contributed by atoms with van der Waals surface area (Å²) in [5.74, 6) is 0. The van der Waals surface area contributed by atoms with Crippen LogP contribution in [0.3, 0.4) is 0 Å². The van der Waals surface area contributed by atoms with Crippen LogP contribution >= 0.6 is 0 Å². The van der Waals surface area contributed by atoms with Crippen LogP contribution in [-0.2, 0) is 7.47 Å². The Bertz CT molecular complexity index is 42.2. The van der Waals surface area contributed by atoms with E-state index in [0.29, 0.717) is 0 Å². The first-order valence-electron chi connectivity index (χ1n) is 1.04. The summed E-state index contributed by atoms with van der Waals surface area (Å²) in [7, 11) is 1.21. The topological polar surface area (TPSA) is 46.5 Å². The van der Waals surface area contributed by atoms with Crippen LogP contribution < -0.4 is 0 Å². The van der Waals surface area contributed by atoms with E-state index >= 15 is 0 Å². The fourth-order valence-electron chi connectivity index (χ4n) is 0. The van der Waals surface area contributed by atoms with Gasteiger partial charge in [-0.2, -0.15) is 0 Å². The average molecular weight is 140 g/mol. The molecule has 0 heterocycles. The van der Waals surface area contributed by atoms with E-state index in [4.69, 9.17) is 4.10 Å². The van der Waals surface area contributed by atoms with Crippen LogP contribution in [0.2, 0.25) is 0 Å². The predicted molar refractivity (Wildman–Crippen MR) is 17.1 cm³/mol. The molecule has 0 saturated carbocycles. The van der Waals surface area contributed by atoms with Gasteiger partial charge in [0, 0.05) is 0 Å². The van der Waals surface area contributed by atoms with Crippen molar-refractivity contribution in [3.05, 3.63) is 0 Å². The summed E-state index contributed by atoms with van der Waals surface area (Å²) in [4.78, 5) is 0. The van der Waals surface area contributed by atoms with Gasteiger partial charge >= 0.3 is 33.9 Å². The third-order valence-electron chi connectivity index (χ3n) is 0.175. The first kappa shape index (κ1) is 5.28. The Morgan fingerprint density at radius 3 is 2.20 bits per heavy atom. The maximum atomic E-state index is 9.40. The molecule has 0 bridgehead atoms. The normalized spacial score (nSPS) is 14.8. The summed E-state index contributed by atoms with van der Waals surface area (Å²) in [5, 5.41) is 0. The Hall–Kier alpha value is 0.278. The SMILES string of the molecule is CO[AsH](=O)O. The summed E-state index contributed by atoms with van der Waals surface area (Å²) < 4.78 is 21.1. The van der Waals surface area contributed by atoms with Crippen LogP contribution in [0.25, 0.3) is 0 Å². The van der Waals surface area contributed by atoms with Crippen molar-refractivity contribution in [1.82, 2.24) is 0 Å². The van der Waals surface area contributed by atoms with Gasteiger partial charge in [0.25, 0.3) is 0 Å². The average Bonchev–Trinajstić information content (AvgIpc) is 1.38. The van der Waals surface area contributed by atoms with Crippen LogP contribution in [0.15, 0.2) is 0 Å². The Morgan fingerprint density at radius 1 is 2.00 bits per heavy atom. The molecule has 0 aromatic rings. The van der Waals surface area contributed by atoms with Crippen molar-refractivity contribution in [2.45, 2.75) is 0 Å². The van der Waals surface area contributed by atoms with Gasteiger partial charge in [0.05, 0.1) is 0 Å². The maximum absolute atomic E-state index is 9.40. The third kappa shape index (κ3) is 4.28. The molecule has 0 aromatic heterocycles. The summed E-state index contributed by atoms with van der Waals surface area (Å²) in [6.45, 7) is 0. The van der Waals surface area contributed by atoms with E-state index in [9.17, 15) is 3.74 Å². The molecule has 32 valence electrons. The molecule has 0 saturated heterocycles. The Kier molecular flexibility index (Phi) is 2.65. The first-order chi connectivity index (χ1) is 2.27. The quantitative estimate of drug-likeness (QED) is 0.464.